The Kier molecular flexibility index (Phi) is 7.46. The summed E-state index contributed by atoms with van der Waals surface area (Å²) in [6.45, 7) is 8.53. The molecular weight excluding hydrogens is 410 g/mol. The van der Waals surface area contributed by atoms with Crippen LogP contribution in [0.1, 0.15) is 70.4 Å². The maximum absolute atomic E-state index is 12.4. The lowest BCUT2D eigenvalue weighted by Crippen LogP contribution is -2.45. The smallest absolute Gasteiger partial charge is 0.257 e. The summed E-state index contributed by atoms with van der Waals surface area (Å²) in [6, 6.07) is 7.31. The number of fused-ring (bicyclic) bond motifs is 1. The monoisotopic (exact) mass is 447 g/mol. The molecule has 33 heavy (non-hydrogen) atoms. The lowest BCUT2D eigenvalue weighted by atomic mass is 9.92. The third-order valence-electron chi connectivity index (χ3n) is 7.14. The second kappa shape index (κ2) is 10.5. The Hall–Kier alpha value is -2.69. The minimum absolute atomic E-state index is 0.151. The first-order valence-electron chi connectivity index (χ1n) is 12.6. The average molecular weight is 448 g/mol. The zero-order valence-corrected chi connectivity index (χ0v) is 20.5. The van der Waals surface area contributed by atoms with Crippen LogP contribution in [0.4, 0.5) is 5.69 Å². The average Bonchev–Trinajstić information content (AvgIpc) is 3.19. The van der Waals surface area contributed by atoms with E-state index in [0.717, 1.165) is 61.6 Å². The van der Waals surface area contributed by atoms with Crippen molar-refractivity contribution < 1.29 is 4.79 Å². The first kappa shape index (κ1) is 23.5. The number of aliphatic imine (C=N–C) groups is 2. The minimum atomic E-state index is 0.151. The number of nitrogens with zero attached hydrogens (tertiary/aromatic N) is 4. The first-order valence-corrected chi connectivity index (χ1v) is 12.6. The Labute approximate surface area is 198 Å². The van der Waals surface area contributed by atoms with Gasteiger partial charge in [-0.15, -0.1) is 5.73 Å². The number of amides is 1. The molecule has 2 aliphatic carbocycles. The Balaban J connectivity index is 0.00000126. The molecule has 0 spiro atoms. The quantitative estimate of drug-likeness (QED) is 0.415. The Morgan fingerprint density at radius 3 is 2.45 bits per heavy atom. The molecular formula is C27H37N5O. The summed E-state index contributed by atoms with van der Waals surface area (Å²) >= 11 is 0. The van der Waals surface area contributed by atoms with Crippen LogP contribution < -0.4 is 10.4 Å². The molecule has 4 aliphatic rings. The molecule has 1 amide bonds. The Bertz CT molecular complexity index is 1010. The van der Waals surface area contributed by atoms with Crippen LogP contribution in [-0.4, -0.2) is 48.5 Å². The fourth-order valence-corrected chi connectivity index (χ4v) is 4.83. The number of hydrogen-bond acceptors (Lipinski definition) is 4. The molecule has 1 aromatic rings. The van der Waals surface area contributed by atoms with E-state index >= 15 is 0 Å². The number of likely N-dealkylation sites (tertiary alicyclic amines) is 1. The van der Waals surface area contributed by atoms with Gasteiger partial charge in [0.1, 0.15) is 5.84 Å². The van der Waals surface area contributed by atoms with Gasteiger partial charge >= 0.3 is 0 Å². The van der Waals surface area contributed by atoms with Crippen LogP contribution in [0.5, 0.6) is 0 Å². The molecule has 0 unspecified atom stereocenters. The summed E-state index contributed by atoms with van der Waals surface area (Å²) in [5, 5.41) is 2.36. The van der Waals surface area contributed by atoms with E-state index in [1.807, 2.05) is 31.9 Å². The van der Waals surface area contributed by atoms with Gasteiger partial charge in [0.2, 0.25) is 0 Å². The highest BCUT2D eigenvalue weighted by Crippen LogP contribution is 2.34. The molecule has 0 radical (unpaired) electrons. The number of hydrazine groups is 1. The van der Waals surface area contributed by atoms with Crippen LogP contribution in [0.15, 0.2) is 45.6 Å². The van der Waals surface area contributed by atoms with E-state index in [1.165, 1.54) is 30.5 Å². The van der Waals surface area contributed by atoms with E-state index in [0.29, 0.717) is 12.0 Å². The van der Waals surface area contributed by atoms with Crippen molar-refractivity contribution in [3.8, 4) is 0 Å². The van der Waals surface area contributed by atoms with Crippen LogP contribution in [0, 0.1) is 5.92 Å². The summed E-state index contributed by atoms with van der Waals surface area (Å²) in [7, 11) is 1.83. The van der Waals surface area contributed by atoms with Gasteiger partial charge in [0.15, 0.2) is 0 Å². The van der Waals surface area contributed by atoms with E-state index in [4.69, 9.17) is 4.99 Å². The number of carbonyl (C=O) groups is 1. The van der Waals surface area contributed by atoms with Crippen molar-refractivity contribution in [2.75, 3.05) is 25.1 Å². The SMILES string of the molecule is CC.CN=C(N=C(C)c1ccc2c(c1)N(C1CCC1)NC2)C1CCN(C(=O)C2=C=CC2)CC1. The van der Waals surface area contributed by atoms with Crippen molar-refractivity contribution in [3.05, 3.63) is 46.7 Å². The number of anilines is 1. The van der Waals surface area contributed by atoms with Crippen molar-refractivity contribution >= 4 is 23.1 Å². The number of piperidine rings is 1. The van der Waals surface area contributed by atoms with Gasteiger partial charge in [-0.3, -0.25) is 9.79 Å². The fraction of sp³-hybridized carbons (Fsp3) is 0.556. The number of nitrogens with one attached hydrogen (secondary N) is 1. The number of hydrogen-bond donors (Lipinski definition) is 1. The third-order valence-corrected chi connectivity index (χ3v) is 7.14. The van der Waals surface area contributed by atoms with E-state index in [2.05, 4.69) is 46.3 Å². The third kappa shape index (κ3) is 4.83. The molecule has 2 fully saturated rings. The zero-order chi connectivity index (χ0) is 23.4. The zero-order valence-electron chi connectivity index (χ0n) is 20.5. The molecule has 5 rings (SSSR count). The maximum Gasteiger partial charge on any atom is 0.257 e. The van der Waals surface area contributed by atoms with Crippen LogP contribution in [0.2, 0.25) is 0 Å². The largest absolute Gasteiger partial charge is 0.338 e. The molecule has 0 bridgehead atoms. The molecule has 0 atom stereocenters. The van der Waals surface area contributed by atoms with Gasteiger partial charge in [-0.25, -0.2) is 10.4 Å². The van der Waals surface area contributed by atoms with Crippen molar-refractivity contribution in [1.29, 1.82) is 0 Å². The molecule has 1 aromatic carbocycles. The molecule has 2 heterocycles. The van der Waals surface area contributed by atoms with Crippen molar-refractivity contribution in [2.24, 2.45) is 15.9 Å². The van der Waals surface area contributed by atoms with Crippen molar-refractivity contribution in [1.82, 2.24) is 10.3 Å². The Morgan fingerprint density at radius 2 is 1.88 bits per heavy atom. The van der Waals surface area contributed by atoms with Crippen LogP contribution in [0.3, 0.4) is 0 Å². The van der Waals surface area contributed by atoms with Crippen LogP contribution >= 0.6 is 0 Å². The highest BCUT2D eigenvalue weighted by molar-refractivity contribution is 6.07. The number of benzene rings is 1. The van der Waals surface area contributed by atoms with Gasteiger partial charge in [0.05, 0.1) is 11.3 Å². The second-order valence-corrected chi connectivity index (χ2v) is 9.01. The summed E-state index contributed by atoms with van der Waals surface area (Å²) in [5.74, 6) is 1.36. The number of amidine groups is 1. The van der Waals surface area contributed by atoms with Gasteiger partial charge < -0.3 is 9.91 Å². The number of rotatable bonds is 4. The molecule has 0 aromatic heterocycles. The van der Waals surface area contributed by atoms with Crippen LogP contribution in [-0.2, 0) is 11.3 Å². The highest BCUT2D eigenvalue weighted by atomic mass is 16.2. The van der Waals surface area contributed by atoms with E-state index in [1.54, 1.807) is 0 Å². The lowest BCUT2D eigenvalue weighted by Gasteiger charge is -2.36. The van der Waals surface area contributed by atoms with Gasteiger partial charge in [-0.2, -0.15) is 0 Å². The fourth-order valence-electron chi connectivity index (χ4n) is 4.83. The van der Waals surface area contributed by atoms with Crippen molar-refractivity contribution in [3.63, 3.8) is 0 Å². The molecule has 1 N–H and O–H groups in total. The summed E-state index contributed by atoms with van der Waals surface area (Å²) in [4.78, 5) is 23.9. The molecule has 176 valence electrons. The minimum Gasteiger partial charge on any atom is -0.338 e. The Morgan fingerprint density at radius 1 is 1.15 bits per heavy atom. The van der Waals surface area contributed by atoms with Gasteiger partial charge in [-0.05, 0) is 62.3 Å². The second-order valence-electron chi connectivity index (χ2n) is 9.01. The standard InChI is InChI=1S/C25H31N5O.C2H6/c1-17(20-9-10-21-16-27-30(23(21)15-20)22-7-4-8-22)28-24(26-2)18-11-13-29(14-12-18)25(31)19-5-3-6-19;1-2/h3,9-10,15,18,22,27H,4-5,7-8,11-14,16H2,1-2H3;1-2H3. The summed E-state index contributed by atoms with van der Waals surface area (Å²) in [6.07, 6.45) is 8.37. The van der Waals surface area contributed by atoms with E-state index in [9.17, 15) is 4.79 Å². The van der Waals surface area contributed by atoms with Gasteiger partial charge in [0.25, 0.3) is 5.91 Å². The maximum atomic E-state index is 12.4. The summed E-state index contributed by atoms with van der Waals surface area (Å²) < 4.78 is 0. The van der Waals surface area contributed by atoms with Gasteiger partial charge in [-0.1, -0.05) is 26.0 Å². The normalized spacial score (nSPS) is 21.0. The topological polar surface area (TPSA) is 60.3 Å². The first-order chi connectivity index (χ1) is 16.1. The van der Waals surface area contributed by atoms with E-state index < -0.39 is 0 Å². The highest BCUT2D eigenvalue weighted by Gasteiger charge is 2.31. The number of carbonyl (C=O) groups excluding carboxylic acids is 1. The van der Waals surface area contributed by atoms with Crippen LogP contribution in [0.25, 0.3) is 0 Å². The molecule has 6 heteroatoms. The molecule has 1 saturated carbocycles. The van der Waals surface area contributed by atoms with Gasteiger partial charge in [0, 0.05) is 50.8 Å². The predicted molar refractivity (Wildman–Crippen MR) is 136 cm³/mol. The molecule has 1 saturated heterocycles. The molecule has 6 nitrogen and oxygen atoms in total. The lowest BCUT2D eigenvalue weighted by molar-refractivity contribution is -0.128. The summed E-state index contributed by atoms with van der Waals surface area (Å²) in [5.41, 5.74) is 12.2. The van der Waals surface area contributed by atoms with Crippen molar-refractivity contribution in [2.45, 2.75) is 71.9 Å². The van der Waals surface area contributed by atoms with E-state index in [-0.39, 0.29) is 5.91 Å². The predicted octanol–water partition coefficient (Wildman–Crippen LogP) is 4.65. The molecule has 2 aliphatic heterocycles.